The van der Waals surface area contributed by atoms with E-state index in [0.29, 0.717) is 17.5 Å². The molecule has 23 heavy (non-hydrogen) atoms. The second-order valence-corrected chi connectivity index (χ2v) is 4.98. The van der Waals surface area contributed by atoms with Gasteiger partial charge in [0.2, 0.25) is 5.95 Å². The summed E-state index contributed by atoms with van der Waals surface area (Å²) in [4.78, 5) is 4.42. The van der Waals surface area contributed by atoms with Gasteiger partial charge >= 0.3 is 0 Å². The Morgan fingerprint density at radius 3 is 2.70 bits per heavy atom. The summed E-state index contributed by atoms with van der Waals surface area (Å²) < 4.78 is 5.30. The van der Waals surface area contributed by atoms with Crippen LogP contribution in [0, 0.1) is 6.92 Å². The van der Waals surface area contributed by atoms with Crippen LogP contribution >= 0.6 is 0 Å². The molecule has 0 aliphatic carbocycles. The van der Waals surface area contributed by atoms with Crippen LogP contribution in [-0.2, 0) is 0 Å². The Morgan fingerprint density at radius 1 is 1.00 bits per heavy atom. The van der Waals surface area contributed by atoms with Crippen molar-refractivity contribution in [3.8, 4) is 5.75 Å². The van der Waals surface area contributed by atoms with Crippen LogP contribution in [0.1, 0.15) is 5.56 Å². The number of anilines is 4. The lowest BCUT2D eigenvalue weighted by atomic mass is 10.2. The first kappa shape index (κ1) is 14.8. The van der Waals surface area contributed by atoms with Gasteiger partial charge in [0, 0.05) is 5.69 Å². The number of hydrogen-bond acceptors (Lipinski definition) is 6. The van der Waals surface area contributed by atoms with Crippen molar-refractivity contribution in [1.29, 1.82) is 0 Å². The molecule has 0 saturated heterocycles. The highest BCUT2D eigenvalue weighted by molar-refractivity contribution is 5.63. The summed E-state index contributed by atoms with van der Waals surface area (Å²) in [5.74, 6) is 1.73. The molecule has 2 aromatic carbocycles. The number of nitrogens with zero attached hydrogens (tertiary/aromatic N) is 3. The molecule has 6 heteroatoms. The Bertz CT molecular complexity index is 806. The van der Waals surface area contributed by atoms with Crippen molar-refractivity contribution in [2.75, 3.05) is 17.7 Å². The van der Waals surface area contributed by atoms with Gasteiger partial charge in [-0.3, -0.25) is 0 Å². The molecule has 1 aromatic heterocycles. The van der Waals surface area contributed by atoms with E-state index in [9.17, 15) is 0 Å². The highest BCUT2D eigenvalue weighted by atomic mass is 16.5. The molecule has 0 amide bonds. The van der Waals surface area contributed by atoms with Gasteiger partial charge in [-0.1, -0.05) is 24.3 Å². The molecule has 0 unspecified atom stereocenters. The summed E-state index contributed by atoms with van der Waals surface area (Å²) in [6, 6.07) is 15.6. The Balaban J connectivity index is 1.80. The number of aryl methyl sites for hydroxylation is 1. The van der Waals surface area contributed by atoms with Crippen LogP contribution in [0.5, 0.6) is 5.75 Å². The van der Waals surface area contributed by atoms with E-state index in [2.05, 4.69) is 25.8 Å². The smallest absolute Gasteiger partial charge is 0.249 e. The van der Waals surface area contributed by atoms with Crippen LogP contribution in [0.4, 0.5) is 23.1 Å². The number of benzene rings is 2. The highest BCUT2D eigenvalue weighted by Gasteiger charge is 2.06. The minimum atomic E-state index is 0.396. The van der Waals surface area contributed by atoms with Crippen molar-refractivity contribution in [3.63, 3.8) is 0 Å². The maximum atomic E-state index is 5.30. The Morgan fingerprint density at radius 2 is 1.87 bits per heavy atom. The van der Waals surface area contributed by atoms with Gasteiger partial charge in [-0.2, -0.15) is 10.1 Å². The number of methoxy groups -OCH3 is 1. The molecular weight excluding hydrogens is 290 g/mol. The summed E-state index contributed by atoms with van der Waals surface area (Å²) in [5.41, 5.74) is 2.91. The lowest BCUT2D eigenvalue weighted by molar-refractivity contribution is 0.417. The minimum Gasteiger partial charge on any atom is -0.495 e. The number of rotatable bonds is 5. The third kappa shape index (κ3) is 3.74. The summed E-state index contributed by atoms with van der Waals surface area (Å²) in [7, 11) is 1.62. The fourth-order valence-corrected chi connectivity index (χ4v) is 2.16. The van der Waals surface area contributed by atoms with E-state index in [0.717, 1.165) is 11.4 Å². The van der Waals surface area contributed by atoms with Gasteiger partial charge in [-0.15, -0.1) is 5.10 Å². The average Bonchev–Trinajstić information content (AvgIpc) is 2.56. The van der Waals surface area contributed by atoms with Crippen LogP contribution in [-0.4, -0.2) is 22.3 Å². The normalized spacial score (nSPS) is 10.2. The molecule has 0 bridgehead atoms. The molecule has 116 valence electrons. The third-order valence-corrected chi connectivity index (χ3v) is 3.20. The van der Waals surface area contributed by atoms with Crippen LogP contribution in [0.25, 0.3) is 0 Å². The zero-order chi connectivity index (χ0) is 16.1. The molecule has 0 aliphatic rings. The van der Waals surface area contributed by atoms with Crippen molar-refractivity contribution in [2.45, 2.75) is 6.92 Å². The summed E-state index contributed by atoms with van der Waals surface area (Å²) in [6.07, 6.45) is 1.58. The van der Waals surface area contributed by atoms with Crippen molar-refractivity contribution in [1.82, 2.24) is 15.2 Å². The van der Waals surface area contributed by atoms with Gasteiger partial charge in [0.15, 0.2) is 5.82 Å². The molecule has 0 spiro atoms. The monoisotopic (exact) mass is 307 g/mol. The highest BCUT2D eigenvalue weighted by Crippen LogP contribution is 2.25. The van der Waals surface area contributed by atoms with Gasteiger partial charge in [-0.05, 0) is 36.8 Å². The second-order valence-electron chi connectivity index (χ2n) is 4.98. The number of hydrogen-bond donors (Lipinski definition) is 2. The molecule has 2 N–H and O–H groups in total. The maximum Gasteiger partial charge on any atom is 0.249 e. The van der Waals surface area contributed by atoms with Gasteiger partial charge in [0.25, 0.3) is 0 Å². The molecule has 0 aliphatic heterocycles. The second kappa shape index (κ2) is 6.74. The largest absolute Gasteiger partial charge is 0.495 e. The van der Waals surface area contributed by atoms with Gasteiger partial charge in [0.05, 0.1) is 19.0 Å². The van der Waals surface area contributed by atoms with E-state index >= 15 is 0 Å². The van der Waals surface area contributed by atoms with Crippen molar-refractivity contribution < 1.29 is 4.74 Å². The van der Waals surface area contributed by atoms with Crippen LogP contribution in [0.3, 0.4) is 0 Å². The van der Waals surface area contributed by atoms with E-state index in [1.165, 1.54) is 5.56 Å². The van der Waals surface area contributed by atoms with Gasteiger partial charge < -0.3 is 15.4 Å². The number of aromatic nitrogens is 3. The first-order valence-corrected chi connectivity index (χ1v) is 7.18. The molecular formula is C17H17N5O. The molecule has 0 fully saturated rings. The predicted molar refractivity (Wildman–Crippen MR) is 90.6 cm³/mol. The van der Waals surface area contributed by atoms with E-state index in [4.69, 9.17) is 4.74 Å². The fraction of sp³-hybridized carbons (Fsp3) is 0.118. The minimum absolute atomic E-state index is 0.396. The van der Waals surface area contributed by atoms with E-state index in [1.807, 2.05) is 55.5 Å². The Hall–Kier alpha value is -3.15. The number of nitrogens with one attached hydrogen (secondary N) is 2. The molecule has 3 rings (SSSR count). The Kier molecular flexibility index (Phi) is 4.33. The lowest BCUT2D eigenvalue weighted by Crippen LogP contribution is -2.03. The van der Waals surface area contributed by atoms with Crippen molar-refractivity contribution >= 4 is 23.1 Å². The van der Waals surface area contributed by atoms with E-state index < -0.39 is 0 Å². The average molecular weight is 307 g/mol. The number of ether oxygens (including phenoxy) is 1. The van der Waals surface area contributed by atoms with Crippen LogP contribution in [0.2, 0.25) is 0 Å². The summed E-state index contributed by atoms with van der Waals surface area (Å²) >= 11 is 0. The quantitative estimate of drug-likeness (QED) is 0.749. The molecule has 0 saturated carbocycles. The molecule has 3 aromatic rings. The zero-order valence-electron chi connectivity index (χ0n) is 12.9. The number of para-hydroxylation sites is 2. The zero-order valence-corrected chi connectivity index (χ0v) is 12.9. The summed E-state index contributed by atoms with van der Waals surface area (Å²) in [5, 5.41) is 14.3. The Labute approximate surface area is 134 Å². The first-order valence-electron chi connectivity index (χ1n) is 7.18. The van der Waals surface area contributed by atoms with Crippen molar-refractivity contribution in [2.24, 2.45) is 0 Å². The molecule has 0 atom stereocenters. The van der Waals surface area contributed by atoms with Crippen LogP contribution in [0.15, 0.2) is 54.7 Å². The standard InChI is InChI=1S/C17H17N5O/c1-12-6-5-7-13(10-12)19-16-11-18-22-17(21-16)20-14-8-3-4-9-15(14)23-2/h3-11H,1-2H3,(H2,19,20,21,22). The van der Waals surface area contributed by atoms with E-state index in [1.54, 1.807) is 13.3 Å². The molecule has 1 heterocycles. The third-order valence-electron chi connectivity index (χ3n) is 3.20. The van der Waals surface area contributed by atoms with Crippen molar-refractivity contribution in [3.05, 3.63) is 60.3 Å². The fourth-order valence-electron chi connectivity index (χ4n) is 2.16. The molecule has 6 nitrogen and oxygen atoms in total. The van der Waals surface area contributed by atoms with E-state index in [-0.39, 0.29) is 0 Å². The first-order chi connectivity index (χ1) is 11.2. The van der Waals surface area contributed by atoms with Crippen LogP contribution < -0.4 is 15.4 Å². The molecule has 0 radical (unpaired) electrons. The van der Waals surface area contributed by atoms with Gasteiger partial charge in [-0.25, -0.2) is 0 Å². The summed E-state index contributed by atoms with van der Waals surface area (Å²) in [6.45, 7) is 2.04. The predicted octanol–water partition coefficient (Wildman–Crippen LogP) is 3.68. The maximum absolute atomic E-state index is 5.30. The van der Waals surface area contributed by atoms with Gasteiger partial charge in [0.1, 0.15) is 5.75 Å². The SMILES string of the molecule is COc1ccccc1Nc1nncc(Nc2cccc(C)c2)n1. The topological polar surface area (TPSA) is 72.0 Å². The lowest BCUT2D eigenvalue weighted by Gasteiger charge is -2.10.